The number of hydrazine groups is 1. The summed E-state index contributed by atoms with van der Waals surface area (Å²) in [7, 11) is 0. The molecule has 0 fully saturated rings. The first-order valence-corrected chi connectivity index (χ1v) is 7.59. The molecular formula is C13H15BrN4S. The molecule has 2 rings (SSSR count). The van der Waals surface area contributed by atoms with Gasteiger partial charge in [0, 0.05) is 14.9 Å². The van der Waals surface area contributed by atoms with E-state index in [9.17, 15) is 0 Å². The highest BCUT2D eigenvalue weighted by atomic mass is 79.9. The lowest BCUT2D eigenvalue weighted by Gasteiger charge is -2.11. The molecule has 2 aromatic rings. The van der Waals surface area contributed by atoms with Gasteiger partial charge in [0.05, 0.1) is 0 Å². The molecule has 0 unspecified atom stereocenters. The van der Waals surface area contributed by atoms with Crippen molar-refractivity contribution in [3.8, 4) is 0 Å². The van der Waals surface area contributed by atoms with Gasteiger partial charge in [0.2, 0.25) is 0 Å². The molecule has 0 radical (unpaired) electrons. The summed E-state index contributed by atoms with van der Waals surface area (Å²) < 4.78 is 1.06. The number of nitrogens with two attached hydrogens (primary N) is 1. The maximum atomic E-state index is 5.51. The largest absolute Gasteiger partial charge is 0.308 e. The number of halogens is 1. The molecule has 4 nitrogen and oxygen atoms in total. The van der Waals surface area contributed by atoms with E-state index in [0.717, 1.165) is 32.8 Å². The van der Waals surface area contributed by atoms with Crippen LogP contribution in [0, 0.1) is 0 Å². The fourth-order valence-corrected chi connectivity index (χ4v) is 3.25. The van der Waals surface area contributed by atoms with E-state index in [1.54, 1.807) is 11.8 Å². The van der Waals surface area contributed by atoms with E-state index in [2.05, 4.69) is 50.4 Å². The van der Waals surface area contributed by atoms with E-state index in [-0.39, 0.29) is 0 Å². The number of aromatic nitrogens is 2. The summed E-state index contributed by atoms with van der Waals surface area (Å²) in [5.41, 5.74) is 3.71. The van der Waals surface area contributed by atoms with Crippen molar-refractivity contribution in [1.82, 2.24) is 9.97 Å². The van der Waals surface area contributed by atoms with Gasteiger partial charge in [-0.25, -0.2) is 15.8 Å². The maximum Gasteiger partial charge on any atom is 0.147 e. The Morgan fingerprint density at radius 1 is 1.37 bits per heavy atom. The van der Waals surface area contributed by atoms with Gasteiger partial charge in [0.1, 0.15) is 17.2 Å². The molecule has 0 saturated heterocycles. The summed E-state index contributed by atoms with van der Waals surface area (Å²) >= 11 is 5.10. The number of benzene rings is 1. The molecule has 19 heavy (non-hydrogen) atoms. The molecule has 0 atom stereocenters. The molecule has 0 aliphatic rings. The number of nitrogens with zero attached hydrogens (tertiary/aromatic N) is 2. The van der Waals surface area contributed by atoms with Crippen LogP contribution in [0.4, 0.5) is 5.82 Å². The lowest BCUT2D eigenvalue weighted by Crippen LogP contribution is -2.12. The second-order valence-electron chi connectivity index (χ2n) is 3.96. The van der Waals surface area contributed by atoms with Gasteiger partial charge in [-0.3, -0.25) is 0 Å². The van der Waals surface area contributed by atoms with E-state index in [1.165, 1.54) is 6.33 Å². The van der Waals surface area contributed by atoms with Crippen molar-refractivity contribution in [3.63, 3.8) is 0 Å². The predicted molar refractivity (Wildman–Crippen MR) is 82.1 cm³/mol. The molecule has 3 N–H and O–H groups in total. The van der Waals surface area contributed by atoms with Gasteiger partial charge in [0.25, 0.3) is 0 Å². The Morgan fingerprint density at radius 2 is 2.21 bits per heavy atom. The van der Waals surface area contributed by atoms with Crippen LogP contribution in [0.3, 0.4) is 0 Å². The Morgan fingerprint density at radius 3 is 2.89 bits per heavy atom. The summed E-state index contributed by atoms with van der Waals surface area (Å²) in [6.07, 6.45) is 3.46. The molecule has 0 amide bonds. The molecular weight excluding hydrogens is 324 g/mol. The molecule has 0 saturated carbocycles. The van der Waals surface area contributed by atoms with Gasteiger partial charge in [-0.1, -0.05) is 47.1 Å². The molecule has 0 bridgehead atoms. The first-order valence-electron chi connectivity index (χ1n) is 5.98. The lowest BCUT2D eigenvalue weighted by molar-refractivity contribution is 0.856. The van der Waals surface area contributed by atoms with E-state index >= 15 is 0 Å². The first kappa shape index (κ1) is 14.3. The van der Waals surface area contributed by atoms with Crippen LogP contribution in [0.5, 0.6) is 0 Å². The van der Waals surface area contributed by atoms with E-state index in [1.807, 2.05) is 12.1 Å². The van der Waals surface area contributed by atoms with Crippen LogP contribution < -0.4 is 11.3 Å². The molecule has 1 heterocycles. The molecule has 1 aromatic carbocycles. The summed E-state index contributed by atoms with van der Waals surface area (Å²) in [6, 6.07) is 8.14. The third kappa shape index (κ3) is 3.68. The Bertz CT molecular complexity index is 562. The van der Waals surface area contributed by atoms with Crippen molar-refractivity contribution >= 4 is 33.5 Å². The van der Waals surface area contributed by atoms with Gasteiger partial charge < -0.3 is 5.43 Å². The van der Waals surface area contributed by atoms with Crippen LogP contribution in [0.2, 0.25) is 0 Å². The molecule has 100 valence electrons. The number of rotatable bonds is 5. The van der Waals surface area contributed by atoms with E-state index in [0.29, 0.717) is 5.82 Å². The van der Waals surface area contributed by atoms with Gasteiger partial charge >= 0.3 is 0 Å². The predicted octanol–water partition coefficient (Wildman–Crippen LogP) is 3.63. The molecule has 0 aliphatic heterocycles. The third-order valence-corrected chi connectivity index (χ3v) is 4.08. The normalized spacial score (nSPS) is 10.5. The number of hydrogen-bond donors (Lipinski definition) is 2. The van der Waals surface area contributed by atoms with Crippen LogP contribution in [0.25, 0.3) is 0 Å². The molecule has 0 aliphatic carbocycles. The molecule has 6 heteroatoms. The minimum atomic E-state index is 0.703. The number of nitrogen functional groups attached to an aromatic ring is 1. The topological polar surface area (TPSA) is 63.8 Å². The first-order chi connectivity index (χ1) is 9.24. The number of hydrogen-bond acceptors (Lipinski definition) is 5. The van der Waals surface area contributed by atoms with Crippen molar-refractivity contribution in [2.45, 2.75) is 29.7 Å². The van der Waals surface area contributed by atoms with Crippen LogP contribution in [0.15, 0.2) is 45.0 Å². The standard InChI is InChI=1S/C13H15BrN4S/c1-2-4-11-12(18-15)16-8-17-13(11)19-10-6-3-5-9(14)7-10/h3,5-8H,2,4,15H2,1H3,(H,16,17,18). The average Bonchev–Trinajstić information content (AvgIpc) is 2.41. The second kappa shape index (κ2) is 6.88. The van der Waals surface area contributed by atoms with Crippen molar-refractivity contribution < 1.29 is 0 Å². The third-order valence-electron chi connectivity index (χ3n) is 2.55. The zero-order valence-corrected chi connectivity index (χ0v) is 13.0. The zero-order valence-electron chi connectivity index (χ0n) is 10.6. The Labute approximate surface area is 125 Å². The lowest BCUT2D eigenvalue weighted by atomic mass is 10.2. The Kier molecular flexibility index (Phi) is 5.18. The van der Waals surface area contributed by atoms with Crippen molar-refractivity contribution in [1.29, 1.82) is 0 Å². The second-order valence-corrected chi connectivity index (χ2v) is 5.94. The fraction of sp³-hybridized carbons (Fsp3) is 0.231. The SMILES string of the molecule is CCCc1c(NN)ncnc1Sc1cccc(Br)c1. The quantitative estimate of drug-likeness (QED) is 0.495. The maximum absolute atomic E-state index is 5.51. The van der Waals surface area contributed by atoms with Crippen molar-refractivity contribution in [2.24, 2.45) is 5.84 Å². The van der Waals surface area contributed by atoms with Crippen molar-refractivity contribution in [3.05, 3.63) is 40.6 Å². The number of nitrogens with one attached hydrogen (secondary N) is 1. The Hall–Kier alpha value is -1.11. The van der Waals surface area contributed by atoms with Crippen molar-refractivity contribution in [2.75, 3.05) is 5.43 Å². The van der Waals surface area contributed by atoms with Crippen LogP contribution in [-0.4, -0.2) is 9.97 Å². The monoisotopic (exact) mass is 338 g/mol. The smallest absolute Gasteiger partial charge is 0.147 e. The summed E-state index contributed by atoms with van der Waals surface area (Å²) in [4.78, 5) is 9.67. The van der Waals surface area contributed by atoms with Gasteiger partial charge in [0.15, 0.2) is 0 Å². The molecule has 0 spiro atoms. The van der Waals surface area contributed by atoms with E-state index < -0.39 is 0 Å². The van der Waals surface area contributed by atoms with E-state index in [4.69, 9.17) is 5.84 Å². The van der Waals surface area contributed by atoms with Gasteiger partial charge in [-0.05, 0) is 24.6 Å². The van der Waals surface area contributed by atoms with Gasteiger partial charge in [-0.2, -0.15) is 0 Å². The highest BCUT2D eigenvalue weighted by molar-refractivity contribution is 9.10. The fourth-order valence-electron chi connectivity index (χ4n) is 1.73. The zero-order chi connectivity index (χ0) is 13.7. The van der Waals surface area contributed by atoms with Crippen LogP contribution >= 0.6 is 27.7 Å². The van der Waals surface area contributed by atoms with Crippen LogP contribution in [-0.2, 0) is 6.42 Å². The summed E-state index contributed by atoms with van der Waals surface area (Å²) in [5, 5.41) is 0.947. The Balaban J connectivity index is 2.33. The minimum Gasteiger partial charge on any atom is -0.308 e. The highest BCUT2D eigenvalue weighted by Gasteiger charge is 2.11. The minimum absolute atomic E-state index is 0.703. The summed E-state index contributed by atoms with van der Waals surface area (Å²) in [6.45, 7) is 2.13. The number of anilines is 1. The average molecular weight is 339 g/mol. The van der Waals surface area contributed by atoms with Crippen LogP contribution in [0.1, 0.15) is 18.9 Å². The summed E-state index contributed by atoms with van der Waals surface area (Å²) in [5.74, 6) is 6.21. The molecule has 1 aromatic heterocycles. The highest BCUT2D eigenvalue weighted by Crippen LogP contribution is 2.32. The van der Waals surface area contributed by atoms with Gasteiger partial charge in [-0.15, -0.1) is 0 Å².